The summed E-state index contributed by atoms with van der Waals surface area (Å²) < 4.78 is 76.2. The van der Waals surface area contributed by atoms with Crippen LogP contribution in [-0.2, 0) is 16.2 Å². The lowest BCUT2D eigenvalue weighted by molar-refractivity contribution is -0.140. The highest BCUT2D eigenvalue weighted by Gasteiger charge is 2.41. The van der Waals surface area contributed by atoms with Gasteiger partial charge in [0.25, 0.3) is 0 Å². The number of alkyl halides is 3. The van der Waals surface area contributed by atoms with Gasteiger partial charge >= 0.3 is 6.18 Å². The molecule has 0 spiro atoms. The van der Waals surface area contributed by atoms with Crippen molar-refractivity contribution in [3.05, 3.63) is 48.2 Å². The van der Waals surface area contributed by atoms with Gasteiger partial charge in [-0.2, -0.15) is 17.5 Å². The van der Waals surface area contributed by atoms with Crippen LogP contribution in [-0.4, -0.2) is 43.5 Å². The van der Waals surface area contributed by atoms with Gasteiger partial charge in [0.1, 0.15) is 22.3 Å². The highest BCUT2D eigenvalue weighted by Crippen LogP contribution is 2.36. The molecule has 1 aromatic carbocycles. The Morgan fingerprint density at radius 2 is 1.89 bits per heavy atom. The molecule has 1 aromatic heterocycles. The third kappa shape index (κ3) is 4.01. The molecule has 0 aliphatic carbocycles. The average Bonchev–Trinajstić information content (AvgIpc) is 2.57. The van der Waals surface area contributed by atoms with Gasteiger partial charge in [-0.3, -0.25) is 0 Å². The van der Waals surface area contributed by atoms with Gasteiger partial charge < -0.3 is 9.47 Å². The fourth-order valence-electron chi connectivity index (χ4n) is 2.61. The zero-order chi connectivity index (χ0) is 19.7. The van der Waals surface area contributed by atoms with Gasteiger partial charge in [0, 0.05) is 6.20 Å². The van der Waals surface area contributed by atoms with Crippen molar-refractivity contribution < 1.29 is 31.1 Å². The van der Waals surface area contributed by atoms with Gasteiger partial charge in [-0.1, -0.05) is 12.1 Å². The van der Waals surface area contributed by atoms with Crippen LogP contribution in [0.15, 0.2) is 47.5 Å². The van der Waals surface area contributed by atoms with Crippen LogP contribution in [0.2, 0.25) is 0 Å². The minimum absolute atomic E-state index is 0.0131. The van der Waals surface area contributed by atoms with E-state index in [0.29, 0.717) is 6.61 Å². The van der Waals surface area contributed by atoms with E-state index >= 15 is 0 Å². The molecular weight excluding hydrogens is 385 g/mol. The summed E-state index contributed by atoms with van der Waals surface area (Å²) in [4.78, 5) is 3.63. The molecule has 10 heteroatoms. The monoisotopic (exact) mass is 402 g/mol. The van der Waals surface area contributed by atoms with E-state index in [2.05, 4.69) is 4.98 Å². The molecule has 0 radical (unpaired) electrons. The van der Waals surface area contributed by atoms with Crippen LogP contribution in [0.25, 0.3) is 0 Å². The summed E-state index contributed by atoms with van der Waals surface area (Å²) in [6, 6.07) is 8.24. The first kappa shape index (κ1) is 19.4. The number of sulfonamides is 1. The summed E-state index contributed by atoms with van der Waals surface area (Å²) >= 11 is 0. The maximum absolute atomic E-state index is 13.0. The Bertz CT molecular complexity index is 912. The Kier molecular flexibility index (Phi) is 5.29. The fourth-order valence-corrected chi connectivity index (χ4v) is 4.24. The highest BCUT2D eigenvalue weighted by molar-refractivity contribution is 7.89. The molecule has 0 atom stereocenters. The van der Waals surface area contributed by atoms with Crippen molar-refractivity contribution >= 4 is 10.0 Å². The Balaban J connectivity index is 1.72. The average molecular weight is 402 g/mol. The number of para-hydroxylation sites is 1. The van der Waals surface area contributed by atoms with Crippen LogP contribution in [0, 0.1) is 0 Å². The first-order valence-electron chi connectivity index (χ1n) is 8.14. The summed E-state index contributed by atoms with van der Waals surface area (Å²) in [7, 11) is -3.83. The number of benzene rings is 1. The van der Waals surface area contributed by atoms with E-state index in [0.717, 1.165) is 16.4 Å². The molecule has 1 saturated heterocycles. The number of nitrogens with zero attached hydrogens (tertiary/aromatic N) is 2. The van der Waals surface area contributed by atoms with Crippen molar-refractivity contribution in [3.63, 3.8) is 0 Å². The molecule has 6 nitrogen and oxygen atoms in total. The number of rotatable bonds is 6. The summed E-state index contributed by atoms with van der Waals surface area (Å²) in [5.41, 5.74) is -0.993. The normalized spacial score (nSPS) is 16.0. The lowest BCUT2D eigenvalue weighted by Gasteiger charge is -2.38. The zero-order valence-corrected chi connectivity index (χ0v) is 15.1. The van der Waals surface area contributed by atoms with Gasteiger partial charge in [-0.25, -0.2) is 13.4 Å². The number of pyridine rings is 1. The number of hydrogen-bond acceptors (Lipinski definition) is 5. The Morgan fingerprint density at radius 3 is 2.56 bits per heavy atom. The molecule has 1 aliphatic rings. The summed E-state index contributed by atoms with van der Waals surface area (Å²) in [5, 5.41) is 0. The molecule has 2 heterocycles. The third-order valence-corrected chi connectivity index (χ3v) is 5.81. The van der Waals surface area contributed by atoms with Gasteiger partial charge in [-0.15, -0.1) is 0 Å². The minimum atomic E-state index is -4.60. The van der Waals surface area contributed by atoms with Crippen LogP contribution in [0.5, 0.6) is 11.6 Å². The molecule has 0 saturated carbocycles. The first-order chi connectivity index (χ1) is 12.7. The molecule has 2 aromatic rings. The maximum atomic E-state index is 13.0. The second kappa shape index (κ2) is 7.35. The smallest absolute Gasteiger partial charge is 0.421 e. The van der Waals surface area contributed by atoms with Gasteiger partial charge in [-0.05, 0) is 31.2 Å². The molecule has 0 N–H and O–H groups in total. The lowest BCUT2D eigenvalue weighted by Crippen LogP contribution is -2.56. The number of hydrogen-bond donors (Lipinski definition) is 0. The first-order valence-corrected chi connectivity index (χ1v) is 9.58. The van der Waals surface area contributed by atoms with Crippen LogP contribution in [0.3, 0.4) is 0 Å². The number of ether oxygens (including phenoxy) is 2. The lowest BCUT2D eigenvalue weighted by atomic mass is 10.2. The van der Waals surface area contributed by atoms with Crippen molar-refractivity contribution in [2.24, 2.45) is 0 Å². The summed E-state index contributed by atoms with van der Waals surface area (Å²) in [6.07, 6.45) is -4.12. The Hall–Kier alpha value is -2.33. The van der Waals surface area contributed by atoms with Crippen molar-refractivity contribution in [1.29, 1.82) is 0 Å². The molecule has 0 amide bonds. The highest BCUT2D eigenvalue weighted by atomic mass is 32.2. The molecule has 0 bridgehead atoms. The standard InChI is InChI=1S/C17H17F3N2O4S/c1-2-25-14-7-3-4-8-15(14)27(23,24)22-10-12(11-22)26-16-13(17(18,19)20)6-5-9-21-16/h3-9,12H,2,10-11H2,1H3. The fraction of sp³-hybridized carbons (Fsp3) is 0.353. The summed E-state index contributed by atoms with van der Waals surface area (Å²) in [5.74, 6) is -0.324. The van der Waals surface area contributed by atoms with Crippen LogP contribution >= 0.6 is 0 Å². The predicted octanol–water partition coefficient (Wildman–Crippen LogP) is 2.95. The second-order valence-electron chi connectivity index (χ2n) is 5.80. The van der Waals surface area contributed by atoms with Gasteiger partial charge in [0.05, 0.1) is 19.7 Å². The predicted molar refractivity (Wildman–Crippen MR) is 90.0 cm³/mol. The molecule has 146 valence electrons. The largest absolute Gasteiger partial charge is 0.492 e. The molecular formula is C17H17F3N2O4S. The van der Waals surface area contributed by atoms with E-state index in [-0.39, 0.29) is 23.7 Å². The Morgan fingerprint density at radius 1 is 1.19 bits per heavy atom. The molecule has 27 heavy (non-hydrogen) atoms. The van der Waals surface area contributed by atoms with E-state index in [1.54, 1.807) is 25.1 Å². The summed E-state index contributed by atoms with van der Waals surface area (Å²) in [6.45, 7) is 1.90. The maximum Gasteiger partial charge on any atom is 0.421 e. The van der Waals surface area contributed by atoms with E-state index in [1.807, 2.05) is 0 Å². The SMILES string of the molecule is CCOc1ccccc1S(=O)(=O)N1CC(Oc2ncccc2C(F)(F)F)C1. The van der Waals surface area contributed by atoms with Crippen molar-refractivity contribution in [2.45, 2.75) is 24.1 Å². The molecule has 1 aliphatic heterocycles. The van der Waals surface area contributed by atoms with Crippen molar-refractivity contribution in [1.82, 2.24) is 9.29 Å². The number of halogens is 3. The van der Waals surface area contributed by atoms with Crippen LogP contribution < -0.4 is 9.47 Å². The third-order valence-electron chi connectivity index (χ3n) is 3.94. The quantitative estimate of drug-likeness (QED) is 0.743. The second-order valence-corrected chi connectivity index (χ2v) is 7.70. The van der Waals surface area contributed by atoms with E-state index < -0.39 is 33.7 Å². The van der Waals surface area contributed by atoms with E-state index in [1.165, 1.54) is 12.3 Å². The van der Waals surface area contributed by atoms with E-state index in [9.17, 15) is 21.6 Å². The Labute approximate surface area is 154 Å². The number of aromatic nitrogens is 1. The zero-order valence-electron chi connectivity index (χ0n) is 14.3. The van der Waals surface area contributed by atoms with Crippen LogP contribution in [0.1, 0.15) is 12.5 Å². The van der Waals surface area contributed by atoms with Gasteiger partial charge in [0.2, 0.25) is 15.9 Å². The van der Waals surface area contributed by atoms with Crippen LogP contribution in [0.4, 0.5) is 13.2 Å². The molecule has 1 fully saturated rings. The molecule has 0 unspecified atom stereocenters. The minimum Gasteiger partial charge on any atom is -0.492 e. The molecule has 3 rings (SSSR count). The topological polar surface area (TPSA) is 68.7 Å². The van der Waals surface area contributed by atoms with E-state index in [4.69, 9.17) is 9.47 Å². The van der Waals surface area contributed by atoms with Crippen molar-refractivity contribution in [3.8, 4) is 11.6 Å². The van der Waals surface area contributed by atoms with Gasteiger partial charge in [0.15, 0.2) is 0 Å². The van der Waals surface area contributed by atoms with Crippen molar-refractivity contribution in [2.75, 3.05) is 19.7 Å².